The second kappa shape index (κ2) is 6.10. The van der Waals surface area contributed by atoms with Crippen molar-refractivity contribution in [1.82, 2.24) is 0 Å². The molecule has 0 radical (unpaired) electrons. The van der Waals surface area contributed by atoms with Gasteiger partial charge in [-0.15, -0.1) is 0 Å². The Morgan fingerprint density at radius 3 is 2.25 bits per heavy atom. The van der Waals surface area contributed by atoms with Crippen molar-refractivity contribution in [1.29, 1.82) is 0 Å². The van der Waals surface area contributed by atoms with Gasteiger partial charge in [-0.1, -0.05) is 24.3 Å². The SMILES string of the molecule is COc1cc(C)c(-c2ccc(CC(C)N)cc2)cc1C. The molecule has 1 unspecified atom stereocenters. The van der Waals surface area contributed by atoms with Crippen LogP contribution in [-0.2, 0) is 6.42 Å². The van der Waals surface area contributed by atoms with E-state index in [4.69, 9.17) is 10.5 Å². The van der Waals surface area contributed by atoms with E-state index in [2.05, 4.69) is 50.2 Å². The first-order valence-corrected chi connectivity index (χ1v) is 7.01. The van der Waals surface area contributed by atoms with Crippen molar-refractivity contribution in [3.63, 3.8) is 0 Å². The van der Waals surface area contributed by atoms with Crippen molar-refractivity contribution in [3.8, 4) is 16.9 Å². The molecule has 0 aliphatic carbocycles. The van der Waals surface area contributed by atoms with Crippen LogP contribution in [0.1, 0.15) is 23.6 Å². The minimum atomic E-state index is 0.200. The molecule has 0 spiro atoms. The Bertz CT molecular complexity index is 585. The van der Waals surface area contributed by atoms with Crippen molar-refractivity contribution in [2.45, 2.75) is 33.2 Å². The molecule has 0 fully saturated rings. The highest BCUT2D eigenvalue weighted by atomic mass is 16.5. The van der Waals surface area contributed by atoms with Crippen molar-refractivity contribution in [2.24, 2.45) is 5.73 Å². The third-order valence-corrected chi connectivity index (χ3v) is 3.56. The quantitative estimate of drug-likeness (QED) is 0.914. The van der Waals surface area contributed by atoms with Crippen LogP contribution in [0.5, 0.6) is 5.75 Å². The van der Waals surface area contributed by atoms with Crippen LogP contribution in [-0.4, -0.2) is 13.2 Å². The van der Waals surface area contributed by atoms with E-state index in [1.165, 1.54) is 22.3 Å². The van der Waals surface area contributed by atoms with E-state index in [1.807, 2.05) is 6.92 Å². The zero-order valence-electron chi connectivity index (χ0n) is 12.7. The number of benzene rings is 2. The largest absolute Gasteiger partial charge is 0.496 e. The fourth-order valence-corrected chi connectivity index (χ4v) is 2.51. The van der Waals surface area contributed by atoms with Gasteiger partial charge < -0.3 is 10.5 Å². The molecule has 0 aliphatic heterocycles. The van der Waals surface area contributed by atoms with Gasteiger partial charge in [0, 0.05) is 6.04 Å². The van der Waals surface area contributed by atoms with Gasteiger partial charge in [0.05, 0.1) is 7.11 Å². The molecule has 1 atom stereocenters. The number of aryl methyl sites for hydroxylation is 2. The molecule has 0 bridgehead atoms. The Kier molecular flexibility index (Phi) is 4.46. The molecule has 2 aromatic carbocycles. The fraction of sp³-hybridized carbons (Fsp3) is 0.333. The molecular weight excluding hydrogens is 246 g/mol. The summed E-state index contributed by atoms with van der Waals surface area (Å²) in [6, 6.07) is 13.2. The van der Waals surface area contributed by atoms with Gasteiger partial charge in [0.25, 0.3) is 0 Å². The average molecular weight is 269 g/mol. The van der Waals surface area contributed by atoms with Crippen LogP contribution < -0.4 is 10.5 Å². The van der Waals surface area contributed by atoms with E-state index in [0.717, 1.165) is 17.7 Å². The predicted molar refractivity (Wildman–Crippen MR) is 85.3 cm³/mol. The Labute approximate surface area is 121 Å². The summed E-state index contributed by atoms with van der Waals surface area (Å²) in [5, 5.41) is 0. The van der Waals surface area contributed by atoms with Crippen LogP contribution in [0, 0.1) is 13.8 Å². The summed E-state index contributed by atoms with van der Waals surface area (Å²) < 4.78 is 5.37. The van der Waals surface area contributed by atoms with Crippen LogP contribution in [0.15, 0.2) is 36.4 Å². The minimum Gasteiger partial charge on any atom is -0.496 e. The van der Waals surface area contributed by atoms with Gasteiger partial charge in [0.1, 0.15) is 5.75 Å². The molecule has 0 aromatic heterocycles. The van der Waals surface area contributed by atoms with Crippen molar-refractivity contribution in [3.05, 3.63) is 53.1 Å². The molecule has 0 saturated carbocycles. The lowest BCUT2D eigenvalue weighted by Crippen LogP contribution is -2.17. The number of rotatable bonds is 4. The maximum absolute atomic E-state index is 5.84. The molecule has 2 rings (SSSR count). The van der Waals surface area contributed by atoms with E-state index in [0.29, 0.717) is 0 Å². The maximum Gasteiger partial charge on any atom is 0.122 e. The number of hydrogen-bond donors (Lipinski definition) is 1. The second-order valence-electron chi connectivity index (χ2n) is 5.52. The van der Waals surface area contributed by atoms with E-state index in [-0.39, 0.29) is 6.04 Å². The van der Waals surface area contributed by atoms with E-state index < -0.39 is 0 Å². The van der Waals surface area contributed by atoms with Crippen LogP contribution in [0.4, 0.5) is 0 Å². The first-order chi connectivity index (χ1) is 9.51. The molecule has 2 N–H and O–H groups in total. The van der Waals surface area contributed by atoms with E-state index in [9.17, 15) is 0 Å². The van der Waals surface area contributed by atoms with Crippen LogP contribution in [0.3, 0.4) is 0 Å². The zero-order chi connectivity index (χ0) is 14.7. The van der Waals surface area contributed by atoms with Gasteiger partial charge in [-0.2, -0.15) is 0 Å². The zero-order valence-corrected chi connectivity index (χ0v) is 12.7. The standard InChI is InChI=1S/C18H23NO/c1-12-10-18(20-4)13(2)9-17(12)16-7-5-15(6-8-16)11-14(3)19/h5-10,14H,11,19H2,1-4H3. The Hall–Kier alpha value is -1.80. The summed E-state index contributed by atoms with van der Waals surface area (Å²) in [6.07, 6.45) is 0.918. The molecule has 2 aromatic rings. The highest BCUT2D eigenvalue weighted by Crippen LogP contribution is 2.30. The lowest BCUT2D eigenvalue weighted by molar-refractivity contribution is 0.411. The normalized spacial score (nSPS) is 12.2. The van der Waals surface area contributed by atoms with Gasteiger partial charge >= 0.3 is 0 Å². The fourth-order valence-electron chi connectivity index (χ4n) is 2.51. The summed E-state index contributed by atoms with van der Waals surface area (Å²) in [5.74, 6) is 0.944. The van der Waals surface area contributed by atoms with Gasteiger partial charge in [0.2, 0.25) is 0 Å². The number of nitrogens with two attached hydrogens (primary N) is 1. The Morgan fingerprint density at radius 1 is 1.05 bits per heavy atom. The molecule has 106 valence electrons. The van der Waals surface area contributed by atoms with E-state index in [1.54, 1.807) is 7.11 Å². The van der Waals surface area contributed by atoms with Crippen molar-refractivity contribution in [2.75, 3.05) is 7.11 Å². The van der Waals surface area contributed by atoms with Gasteiger partial charge in [-0.05, 0) is 67.1 Å². The lowest BCUT2D eigenvalue weighted by Gasteiger charge is -2.12. The number of ether oxygens (including phenoxy) is 1. The molecule has 0 aliphatic rings. The number of methoxy groups -OCH3 is 1. The molecule has 0 amide bonds. The molecule has 2 nitrogen and oxygen atoms in total. The maximum atomic E-state index is 5.84. The summed E-state index contributed by atoms with van der Waals surface area (Å²) in [7, 11) is 1.71. The van der Waals surface area contributed by atoms with Crippen molar-refractivity contribution < 1.29 is 4.74 Å². The smallest absolute Gasteiger partial charge is 0.122 e. The predicted octanol–water partition coefficient (Wildman–Crippen LogP) is 3.87. The Balaban J connectivity index is 2.34. The molecule has 2 heteroatoms. The van der Waals surface area contributed by atoms with Gasteiger partial charge in [-0.3, -0.25) is 0 Å². The van der Waals surface area contributed by atoms with Crippen LogP contribution in [0.2, 0.25) is 0 Å². The first-order valence-electron chi connectivity index (χ1n) is 7.01. The topological polar surface area (TPSA) is 35.2 Å². The lowest BCUT2D eigenvalue weighted by atomic mass is 9.96. The molecular formula is C18H23NO. The Morgan fingerprint density at radius 2 is 1.70 bits per heavy atom. The summed E-state index contributed by atoms with van der Waals surface area (Å²) in [6.45, 7) is 6.23. The monoisotopic (exact) mass is 269 g/mol. The summed E-state index contributed by atoms with van der Waals surface area (Å²) in [5.41, 5.74) is 12.0. The molecule has 0 saturated heterocycles. The van der Waals surface area contributed by atoms with Crippen molar-refractivity contribution >= 4 is 0 Å². The highest BCUT2D eigenvalue weighted by molar-refractivity contribution is 5.69. The molecule has 0 heterocycles. The first kappa shape index (κ1) is 14.6. The van der Waals surface area contributed by atoms with Crippen LogP contribution >= 0.6 is 0 Å². The van der Waals surface area contributed by atoms with Gasteiger partial charge in [0.15, 0.2) is 0 Å². The highest BCUT2D eigenvalue weighted by Gasteiger charge is 2.07. The van der Waals surface area contributed by atoms with E-state index >= 15 is 0 Å². The van der Waals surface area contributed by atoms with Gasteiger partial charge in [-0.25, -0.2) is 0 Å². The second-order valence-corrected chi connectivity index (χ2v) is 5.52. The average Bonchev–Trinajstić information content (AvgIpc) is 2.41. The third kappa shape index (κ3) is 3.20. The van der Waals surface area contributed by atoms with Crippen LogP contribution in [0.25, 0.3) is 11.1 Å². The molecule has 20 heavy (non-hydrogen) atoms. The third-order valence-electron chi connectivity index (χ3n) is 3.56. The summed E-state index contributed by atoms with van der Waals surface area (Å²) >= 11 is 0. The minimum absolute atomic E-state index is 0.200. The number of hydrogen-bond acceptors (Lipinski definition) is 2. The summed E-state index contributed by atoms with van der Waals surface area (Å²) in [4.78, 5) is 0.